The summed E-state index contributed by atoms with van der Waals surface area (Å²) in [6, 6.07) is 1.92. The first-order valence-electron chi connectivity index (χ1n) is 6.91. The van der Waals surface area contributed by atoms with Gasteiger partial charge in [-0.25, -0.2) is 0 Å². The Bertz CT molecular complexity index is 503. The zero-order chi connectivity index (χ0) is 15.5. The number of hydrogen-bond acceptors (Lipinski definition) is 3. The van der Waals surface area contributed by atoms with E-state index >= 15 is 0 Å². The van der Waals surface area contributed by atoms with Gasteiger partial charge in [-0.2, -0.15) is 13.2 Å². The minimum absolute atomic E-state index is 0. The molecule has 1 aromatic heterocycles. The maximum atomic E-state index is 12.4. The summed E-state index contributed by atoms with van der Waals surface area (Å²) in [6.45, 7) is 0.314. The van der Waals surface area contributed by atoms with E-state index < -0.39 is 23.2 Å². The topological polar surface area (TPSA) is 68.0 Å². The van der Waals surface area contributed by atoms with Crippen molar-refractivity contribution < 1.29 is 18.0 Å². The van der Waals surface area contributed by atoms with Crippen LogP contribution in [0.25, 0.3) is 0 Å². The third kappa shape index (κ3) is 6.16. The summed E-state index contributed by atoms with van der Waals surface area (Å²) in [5.41, 5.74) is 4.85. The van der Waals surface area contributed by atoms with Crippen molar-refractivity contribution in [2.24, 2.45) is 5.73 Å². The van der Waals surface area contributed by atoms with Gasteiger partial charge >= 0.3 is 6.18 Å². The zero-order valence-corrected chi connectivity index (χ0v) is 14.0. The quantitative estimate of drug-likeness (QED) is 0.853. The van der Waals surface area contributed by atoms with Crippen LogP contribution in [0.15, 0.2) is 18.3 Å². The first kappa shape index (κ1) is 21.9. The van der Waals surface area contributed by atoms with Gasteiger partial charge in [0.25, 0.3) is 5.91 Å². The highest BCUT2D eigenvalue weighted by atomic mass is 35.5. The van der Waals surface area contributed by atoms with Crippen molar-refractivity contribution in [2.75, 3.05) is 6.54 Å². The Labute approximate surface area is 145 Å². The molecule has 1 aliphatic rings. The molecule has 1 saturated carbocycles. The van der Waals surface area contributed by atoms with Crippen LogP contribution in [0.1, 0.15) is 48.2 Å². The summed E-state index contributed by atoms with van der Waals surface area (Å²) in [4.78, 5) is 15.4. The Kier molecular flexibility index (Phi) is 8.31. The van der Waals surface area contributed by atoms with E-state index in [1.54, 1.807) is 0 Å². The third-order valence-electron chi connectivity index (χ3n) is 3.77. The fourth-order valence-corrected chi connectivity index (χ4v) is 2.48. The van der Waals surface area contributed by atoms with Crippen molar-refractivity contribution >= 4 is 30.7 Å². The van der Waals surface area contributed by atoms with Crippen LogP contribution >= 0.6 is 24.8 Å². The molecule has 1 aromatic rings. The fourth-order valence-electron chi connectivity index (χ4n) is 2.48. The Hall–Kier alpha value is -1.05. The van der Waals surface area contributed by atoms with Crippen molar-refractivity contribution in [2.45, 2.75) is 43.8 Å². The van der Waals surface area contributed by atoms with Crippen LogP contribution in [-0.4, -0.2) is 23.0 Å². The lowest BCUT2D eigenvalue weighted by molar-refractivity contribution is -0.137. The highest BCUT2D eigenvalue weighted by molar-refractivity contribution is 5.92. The molecule has 3 N–H and O–H groups in total. The molecule has 0 aromatic carbocycles. The molecule has 1 aliphatic carbocycles. The zero-order valence-electron chi connectivity index (χ0n) is 12.4. The summed E-state index contributed by atoms with van der Waals surface area (Å²) in [7, 11) is 0. The number of pyridine rings is 1. The highest BCUT2D eigenvalue weighted by Gasteiger charge is 2.31. The number of carbonyl (C=O) groups excluding carboxylic acids is 1. The van der Waals surface area contributed by atoms with E-state index in [0.717, 1.165) is 44.2 Å². The molecule has 1 heterocycles. The minimum Gasteiger partial charge on any atom is -0.349 e. The number of nitrogens with two attached hydrogens (primary N) is 1. The second kappa shape index (κ2) is 8.70. The van der Waals surface area contributed by atoms with Crippen LogP contribution < -0.4 is 11.1 Å². The normalized spacial score (nSPS) is 16.7. The first-order valence-corrected chi connectivity index (χ1v) is 6.91. The van der Waals surface area contributed by atoms with Gasteiger partial charge in [0.2, 0.25) is 0 Å². The molecular weight excluding hydrogens is 354 g/mol. The number of aromatic nitrogens is 1. The number of amides is 1. The molecular formula is C14H20Cl2F3N3O. The highest BCUT2D eigenvalue weighted by Crippen LogP contribution is 2.28. The first-order chi connectivity index (χ1) is 9.80. The van der Waals surface area contributed by atoms with Gasteiger partial charge in [-0.1, -0.05) is 19.3 Å². The fraction of sp³-hybridized carbons (Fsp3) is 0.571. The van der Waals surface area contributed by atoms with Crippen molar-refractivity contribution in [1.29, 1.82) is 0 Å². The molecule has 1 fully saturated rings. The number of nitrogens with one attached hydrogen (secondary N) is 1. The molecule has 4 nitrogen and oxygen atoms in total. The molecule has 0 radical (unpaired) electrons. The smallest absolute Gasteiger partial charge is 0.349 e. The van der Waals surface area contributed by atoms with E-state index in [2.05, 4.69) is 10.3 Å². The van der Waals surface area contributed by atoms with Crippen molar-refractivity contribution in [1.82, 2.24) is 10.3 Å². The van der Waals surface area contributed by atoms with E-state index in [4.69, 9.17) is 5.73 Å². The summed E-state index contributed by atoms with van der Waals surface area (Å²) in [5.74, 6) is -0.501. The van der Waals surface area contributed by atoms with Gasteiger partial charge in [-0.15, -0.1) is 24.8 Å². The Morgan fingerprint density at radius 3 is 2.30 bits per heavy atom. The SMILES string of the molecule is Cl.Cl.NC1(CNC(=O)c2ccc(C(F)(F)F)cn2)CCCCC1. The van der Waals surface area contributed by atoms with Crippen molar-refractivity contribution in [3.05, 3.63) is 29.6 Å². The van der Waals surface area contributed by atoms with Gasteiger partial charge in [0.15, 0.2) is 0 Å². The van der Waals surface area contributed by atoms with Gasteiger partial charge in [0, 0.05) is 18.3 Å². The van der Waals surface area contributed by atoms with Crippen molar-refractivity contribution in [3.8, 4) is 0 Å². The number of rotatable bonds is 3. The number of alkyl halides is 3. The van der Waals surface area contributed by atoms with Gasteiger partial charge in [-0.05, 0) is 25.0 Å². The monoisotopic (exact) mass is 373 g/mol. The van der Waals surface area contributed by atoms with Gasteiger partial charge < -0.3 is 11.1 Å². The van der Waals surface area contributed by atoms with Crippen LogP contribution in [0.4, 0.5) is 13.2 Å². The Morgan fingerprint density at radius 1 is 1.22 bits per heavy atom. The number of carbonyl (C=O) groups is 1. The molecule has 0 saturated heterocycles. The summed E-state index contributed by atoms with van der Waals surface area (Å²) >= 11 is 0. The van der Waals surface area contributed by atoms with Gasteiger partial charge in [0.05, 0.1) is 5.56 Å². The van der Waals surface area contributed by atoms with E-state index in [9.17, 15) is 18.0 Å². The van der Waals surface area contributed by atoms with Crippen LogP contribution in [0.5, 0.6) is 0 Å². The van der Waals surface area contributed by atoms with Crippen LogP contribution in [0.2, 0.25) is 0 Å². The predicted octanol–water partition coefficient (Wildman–Crippen LogP) is 3.34. The maximum Gasteiger partial charge on any atom is 0.417 e. The molecule has 2 rings (SSSR count). The van der Waals surface area contributed by atoms with Crippen LogP contribution in [0, 0.1) is 0 Å². The molecule has 1 amide bonds. The average molecular weight is 374 g/mol. The maximum absolute atomic E-state index is 12.4. The third-order valence-corrected chi connectivity index (χ3v) is 3.77. The summed E-state index contributed by atoms with van der Waals surface area (Å²) in [5, 5.41) is 2.66. The van der Waals surface area contributed by atoms with E-state index in [-0.39, 0.29) is 30.5 Å². The standard InChI is InChI=1S/C14H18F3N3O.2ClH/c15-14(16,17)10-4-5-11(19-8-10)12(21)20-9-13(18)6-2-1-3-7-13;;/h4-5,8H,1-3,6-7,9,18H2,(H,20,21);2*1H. The molecule has 0 spiro atoms. The molecule has 9 heteroatoms. The Morgan fingerprint density at radius 2 is 1.83 bits per heavy atom. The molecule has 23 heavy (non-hydrogen) atoms. The molecule has 132 valence electrons. The predicted molar refractivity (Wildman–Crippen MR) is 86.1 cm³/mol. The van der Waals surface area contributed by atoms with E-state index in [1.807, 2.05) is 0 Å². The lowest BCUT2D eigenvalue weighted by Crippen LogP contribution is -2.51. The molecule has 0 aliphatic heterocycles. The summed E-state index contributed by atoms with van der Waals surface area (Å²) < 4.78 is 37.2. The minimum atomic E-state index is -4.45. The lowest BCUT2D eigenvalue weighted by atomic mass is 9.82. The van der Waals surface area contributed by atoms with E-state index in [0.29, 0.717) is 12.7 Å². The largest absolute Gasteiger partial charge is 0.417 e. The van der Waals surface area contributed by atoms with E-state index in [1.165, 1.54) is 0 Å². The summed E-state index contributed by atoms with van der Waals surface area (Å²) in [6.07, 6.45) is 1.10. The van der Waals surface area contributed by atoms with Crippen LogP contribution in [-0.2, 0) is 6.18 Å². The van der Waals surface area contributed by atoms with Gasteiger partial charge in [0.1, 0.15) is 5.69 Å². The number of hydrogen-bond donors (Lipinski definition) is 2. The molecule has 0 bridgehead atoms. The average Bonchev–Trinajstić information content (AvgIpc) is 2.45. The second-order valence-corrected chi connectivity index (χ2v) is 5.54. The lowest BCUT2D eigenvalue weighted by Gasteiger charge is -2.33. The number of nitrogens with zero attached hydrogens (tertiary/aromatic N) is 1. The molecule has 0 atom stereocenters. The van der Waals surface area contributed by atoms with Crippen molar-refractivity contribution in [3.63, 3.8) is 0 Å². The van der Waals surface area contributed by atoms with Crippen LogP contribution in [0.3, 0.4) is 0 Å². The molecule has 0 unspecified atom stereocenters. The Balaban J connectivity index is 0.00000242. The second-order valence-electron chi connectivity index (χ2n) is 5.54. The van der Waals surface area contributed by atoms with Gasteiger partial charge in [-0.3, -0.25) is 9.78 Å². The number of halogens is 5.